The van der Waals surface area contributed by atoms with Gasteiger partial charge in [0.25, 0.3) is 5.91 Å². The lowest BCUT2D eigenvalue weighted by Gasteiger charge is -2.04. The molecule has 0 aliphatic carbocycles. The summed E-state index contributed by atoms with van der Waals surface area (Å²) in [6, 6.07) is 9.39. The molecule has 0 atom stereocenters. The van der Waals surface area contributed by atoms with Crippen molar-refractivity contribution in [1.29, 1.82) is 0 Å². The Morgan fingerprint density at radius 2 is 1.91 bits per heavy atom. The van der Waals surface area contributed by atoms with Crippen LogP contribution in [0.4, 0.5) is 16.8 Å². The first-order valence-electron chi connectivity index (χ1n) is 6.69. The summed E-state index contributed by atoms with van der Waals surface area (Å²) in [4.78, 5) is 25.7. The lowest BCUT2D eigenvalue weighted by atomic mass is 10.3. The largest absolute Gasteiger partial charge is 0.321 e. The minimum Gasteiger partial charge on any atom is -0.321 e. The van der Waals surface area contributed by atoms with Crippen molar-refractivity contribution in [3.63, 3.8) is 0 Å². The van der Waals surface area contributed by atoms with E-state index < -0.39 is 0 Å². The summed E-state index contributed by atoms with van der Waals surface area (Å²) in [5.74, 6) is 0.196. The second-order valence-electron chi connectivity index (χ2n) is 4.42. The summed E-state index contributed by atoms with van der Waals surface area (Å²) in [6.45, 7) is 0. The summed E-state index contributed by atoms with van der Waals surface area (Å²) >= 11 is 2.98. The fourth-order valence-corrected chi connectivity index (χ4v) is 2.86. The van der Waals surface area contributed by atoms with Crippen LogP contribution < -0.4 is 10.6 Å². The molecule has 6 nitrogen and oxygen atoms in total. The van der Waals surface area contributed by atoms with Gasteiger partial charge in [-0.2, -0.15) is 0 Å². The maximum atomic E-state index is 12.2. The fourth-order valence-electron chi connectivity index (χ4n) is 1.76. The number of rotatable bonds is 5. The van der Waals surface area contributed by atoms with E-state index in [1.54, 1.807) is 35.6 Å². The molecule has 23 heavy (non-hydrogen) atoms. The third-order valence-electron chi connectivity index (χ3n) is 2.87. The minimum absolute atomic E-state index is 0.250. The van der Waals surface area contributed by atoms with E-state index in [1.807, 2.05) is 30.5 Å². The molecule has 3 aromatic rings. The van der Waals surface area contributed by atoms with Crippen LogP contribution in [-0.4, -0.2) is 27.1 Å². The summed E-state index contributed by atoms with van der Waals surface area (Å²) < 4.78 is 0. The Morgan fingerprint density at radius 3 is 2.61 bits per heavy atom. The molecule has 2 aromatic heterocycles. The number of nitrogens with zero attached hydrogens (tertiary/aromatic N) is 3. The van der Waals surface area contributed by atoms with Crippen LogP contribution in [0.25, 0.3) is 0 Å². The van der Waals surface area contributed by atoms with Crippen molar-refractivity contribution >= 4 is 45.8 Å². The van der Waals surface area contributed by atoms with Crippen molar-refractivity contribution in [1.82, 2.24) is 15.0 Å². The van der Waals surface area contributed by atoms with Gasteiger partial charge in [0.1, 0.15) is 5.69 Å². The molecular weight excluding hydrogens is 330 g/mol. The van der Waals surface area contributed by atoms with Crippen LogP contribution in [0.3, 0.4) is 0 Å². The van der Waals surface area contributed by atoms with Crippen LogP contribution in [0.5, 0.6) is 0 Å². The van der Waals surface area contributed by atoms with Gasteiger partial charge >= 0.3 is 0 Å². The fraction of sp³-hybridized carbons (Fsp3) is 0.0667. The predicted molar refractivity (Wildman–Crippen MR) is 93.6 cm³/mol. The highest BCUT2D eigenvalue weighted by atomic mass is 32.2. The molecule has 3 rings (SSSR count). The van der Waals surface area contributed by atoms with Gasteiger partial charge in [0.2, 0.25) is 5.95 Å². The van der Waals surface area contributed by atoms with E-state index in [4.69, 9.17) is 0 Å². The zero-order chi connectivity index (χ0) is 16.1. The Kier molecular flexibility index (Phi) is 4.84. The molecule has 0 saturated heterocycles. The van der Waals surface area contributed by atoms with E-state index in [2.05, 4.69) is 25.6 Å². The van der Waals surface area contributed by atoms with Crippen LogP contribution >= 0.6 is 23.1 Å². The third-order valence-corrected chi connectivity index (χ3v) is 4.37. The van der Waals surface area contributed by atoms with Crippen LogP contribution in [0.2, 0.25) is 0 Å². The zero-order valence-corrected chi connectivity index (χ0v) is 13.8. The number of nitrogens with one attached hydrogen (secondary N) is 2. The van der Waals surface area contributed by atoms with E-state index >= 15 is 0 Å². The molecule has 0 aliphatic rings. The summed E-state index contributed by atoms with van der Waals surface area (Å²) in [6.07, 6.45) is 5.28. The Balaban J connectivity index is 1.66. The predicted octanol–water partition coefficient (Wildman–Crippen LogP) is 3.65. The van der Waals surface area contributed by atoms with E-state index in [1.165, 1.54) is 11.3 Å². The first-order valence-corrected chi connectivity index (χ1v) is 8.80. The third kappa shape index (κ3) is 4.05. The standard InChI is InChI=1S/C15H13N5OS2/c1-22-11-5-3-10(4-6-11)18-13(21)12-9-23-15(19-12)20-14-16-7-2-8-17-14/h2-9H,1H3,(H,18,21)(H,16,17,19,20). The molecule has 0 unspecified atom stereocenters. The van der Waals surface area contributed by atoms with Crippen molar-refractivity contribution in [3.8, 4) is 0 Å². The van der Waals surface area contributed by atoms with E-state index in [9.17, 15) is 4.79 Å². The molecule has 0 bridgehead atoms. The first kappa shape index (κ1) is 15.4. The highest BCUT2D eigenvalue weighted by molar-refractivity contribution is 7.98. The number of thioether (sulfide) groups is 1. The number of amides is 1. The average Bonchev–Trinajstić information content (AvgIpc) is 3.05. The minimum atomic E-state index is -0.250. The number of benzene rings is 1. The Bertz CT molecular complexity index is 789. The molecule has 0 spiro atoms. The van der Waals surface area contributed by atoms with Gasteiger partial charge in [0.15, 0.2) is 5.13 Å². The molecule has 0 radical (unpaired) electrons. The van der Waals surface area contributed by atoms with E-state index in [0.717, 1.165) is 10.6 Å². The number of anilines is 3. The van der Waals surface area contributed by atoms with Gasteiger partial charge in [0, 0.05) is 28.4 Å². The Hall–Kier alpha value is -2.45. The molecule has 8 heteroatoms. The molecule has 2 N–H and O–H groups in total. The van der Waals surface area contributed by atoms with Crippen molar-refractivity contribution in [2.45, 2.75) is 4.90 Å². The molecular formula is C15H13N5OS2. The van der Waals surface area contributed by atoms with Crippen molar-refractivity contribution in [2.75, 3.05) is 16.9 Å². The summed E-state index contributed by atoms with van der Waals surface area (Å²) in [5, 5.41) is 8.04. The van der Waals surface area contributed by atoms with Gasteiger partial charge in [-0.15, -0.1) is 23.1 Å². The van der Waals surface area contributed by atoms with Crippen molar-refractivity contribution in [2.24, 2.45) is 0 Å². The first-order chi connectivity index (χ1) is 11.2. The lowest BCUT2D eigenvalue weighted by molar-refractivity contribution is 0.102. The number of carbonyl (C=O) groups is 1. The van der Waals surface area contributed by atoms with Gasteiger partial charge in [-0.05, 0) is 36.6 Å². The van der Waals surface area contributed by atoms with Gasteiger partial charge < -0.3 is 10.6 Å². The van der Waals surface area contributed by atoms with Crippen LogP contribution in [-0.2, 0) is 0 Å². The molecule has 0 fully saturated rings. The monoisotopic (exact) mass is 343 g/mol. The van der Waals surface area contributed by atoms with E-state index in [0.29, 0.717) is 16.8 Å². The summed E-state index contributed by atoms with van der Waals surface area (Å²) in [5.41, 5.74) is 1.09. The molecule has 1 amide bonds. The number of hydrogen-bond acceptors (Lipinski definition) is 7. The molecule has 1 aromatic carbocycles. The SMILES string of the molecule is CSc1ccc(NC(=O)c2csc(Nc3ncccn3)n2)cc1. The summed E-state index contributed by atoms with van der Waals surface area (Å²) in [7, 11) is 0. The van der Waals surface area contributed by atoms with Gasteiger partial charge in [-0.1, -0.05) is 0 Å². The van der Waals surface area contributed by atoms with Gasteiger partial charge in [-0.25, -0.2) is 15.0 Å². The van der Waals surface area contributed by atoms with E-state index in [-0.39, 0.29) is 5.91 Å². The highest BCUT2D eigenvalue weighted by Gasteiger charge is 2.11. The van der Waals surface area contributed by atoms with Crippen molar-refractivity contribution in [3.05, 3.63) is 53.8 Å². The number of hydrogen-bond donors (Lipinski definition) is 2. The number of carbonyl (C=O) groups excluding carboxylic acids is 1. The molecule has 0 aliphatic heterocycles. The quantitative estimate of drug-likeness (QED) is 0.688. The van der Waals surface area contributed by atoms with Gasteiger partial charge in [-0.3, -0.25) is 4.79 Å². The van der Waals surface area contributed by atoms with Gasteiger partial charge in [0.05, 0.1) is 0 Å². The number of aromatic nitrogens is 3. The number of thiazole rings is 1. The maximum Gasteiger partial charge on any atom is 0.275 e. The molecule has 116 valence electrons. The molecule has 2 heterocycles. The second-order valence-corrected chi connectivity index (χ2v) is 6.16. The topological polar surface area (TPSA) is 79.8 Å². The van der Waals surface area contributed by atoms with Crippen LogP contribution in [0.15, 0.2) is 53.0 Å². The maximum absolute atomic E-state index is 12.2. The Morgan fingerprint density at radius 1 is 1.17 bits per heavy atom. The van der Waals surface area contributed by atoms with Crippen LogP contribution in [0.1, 0.15) is 10.5 Å². The van der Waals surface area contributed by atoms with Crippen molar-refractivity contribution < 1.29 is 4.79 Å². The highest BCUT2D eigenvalue weighted by Crippen LogP contribution is 2.21. The Labute approximate surface area is 141 Å². The smallest absolute Gasteiger partial charge is 0.275 e. The van der Waals surface area contributed by atoms with Crippen LogP contribution in [0, 0.1) is 0 Å². The zero-order valence-electron chi connectivity index (χ0n) is 12.2. The normalized spacial score (nSPS) is 10.3. The average molecular weight is 343 g/mol. The lowest BCUT2D eigenvalue weighted by Crippen LogP contribution is -2.12. The molecule has 0 saturated carbocycles. The second kappa shape index (κ2) is 7.21.